The number of thioether (sulfide) groups is 1. The Morgan fingerprint density at radius 1 is 1.19 bits per heavy atom. The third-order valence-electron chi connectivity index (χ3n) is 3.85. The molecular formula is C19H16N2O5S. The van der Waals surface area contributed by atoms with E-state index in [1.54, 1.807) is 6.08 Å². The summed E-state index contributed by atoms with van der Waals surface area (Å²) >= 11 is 0.845. The summed E-state index contributed by atoms with van der Waals surface area (Å²) in [4.78, 5) is 36.2. The number of nitro benzene ring substituents is 1. The van der Waals surface area contributed by atoms with Crippen LogP contribution in [-0.2, 0) is 4.79 Å². The lowest BCUT2D eigenvalue weighted by Crippen LogP contribution is -2.32. The minimum Gasteiger partial charge on any atom is -0.492 e. The topological polar surface area (TPSA) is 89.8 Å². The van der Waals surface area contributed by atoms with Crippen LogP contribution in [0.2, 0.25) is 0 Å². The zero-order valence-electron chi connectivity index (χ0n) is 14.5. The number of nitro groups is 1. The molecule has 8 heteroatoms. The summed E-state index contributed by atoms with van der Waals surface area (Å²) in [6, 6.07) is 13.3. The van der Waals surface area contributed by atoms with Crippen molar-refractivity contribution in [1.82, 2.24) is 4.90 Å². The SMILES string of the molecule is Cc1cccc(OCCN2C(=O)S/C(=C\c3ccc([N+](=O)[O-])cc3)C2=O)c1. The first-order chi connectivity index (χ1) is 12.9. The summed E-state index contributed by atoms with van der Waals surface area (Å²) < 4.78 is 5.60. The van der Waals surface area contributed by atoms with Gasteiger partial charge in [0.25, 0.3) is 16.8 Å². The number of amides is 2. The Morgan fingerprint density at radius 2 is 1.93 bits per heavy atom. The summed E-state index contributed by atoms with van der Waals surface area (Å²) in [5, 5.41) is 10.3. The van der Waals surface area contributed by atoms with Crippen molar-refractivity contribution < 1.29 is 19.2 Å². The van der Waals surface area contributed by atoms with Gasteiger partial charge in [0.1, 0.15) is 12.4 Å². The first kappa shape index (κ1) is 18.7. The number of benzene rings is 2. The van der Waals surface area contributed by atoms with Crippen molar-refractivity contribution in [2.24, 2.45) is 0 Å². The van der Waals surface area contributed by atoms with Gasteiger partial charge in [-0.3, -0.25) is 24.6 Å². The van der Waals surface area contributed by atoms with Crippen molar-refractivity contribution in [1.29, 1.82) is 0 Å². The van der Waals surface area contributed by atoms with Crippen LogP contribution in [0.1, 0.15) is 11.1 Å². The van der Waals surface area contributed by atoms with E-state index in [2.05, 4.69) is 0 Å². The zero-order chi connectivity index (χ0) is 19.4. The van der Waals surface area contributed by atoms with Gasteiger partial charge in [0.05, 0.1) is 16.4 Å². The van der Waals surface area contributed by atoms with Crippen LogP contribution in [0.3, 0.4) is 0 Å². The van der Waals surface area contributed by atoms with E-state index in [0.29, 0.717) is 11.3 Å². The fourth-order valence-corrected chi connectivity index (χ4v) is 3.36. The first-order valence-corrected chi connectivity index (χ1v) is 8.95. The third kappa shape index (κ3) is 4.53. The highest BCUT2D eigenvalue weighted by molar-refractivity contribution is 8.18. The molecule has 1 saturated heterocycles. The number of imide groups is 1. The van der Waals surface area contributed by atoms with Gasteiger partial charge < -0.3 is 4.74 Å². The fraction of sp³-hybridized carbons (Fsp3) is 0.158. The molecule has 0 aliphatic carbocycles. The molecule has 0 atom stereocenters. The van der Waals surface area contributed by atoms with E-state index in [9.17, 15) is 19.7 Å². The van der Waals surface area contributed by atoms with Crippen molar-refractivity contribution in [3.63, 3.8) is 0 Å². The molecule has 2 aromatic carbocycles. The second-order valence-electron chi connectivity index (χ2n) is 5.85. The van der Waals surface area contributed by atoms with Gasteiger partial charge in [-0.2, -0.15) is 0 Å². The molecule has 0 spiro atoms. The zero-order valence-corrected chi connectivity index (χ0v) is 15.3. The van der Waals surface area contributed by atoms with Crippen molar-refractivity contribution in [3.05, 3.63) is 74.7 Å². The molecular weight excluding hydrogens is 368 g/mol. The minimum absolute atomic E-state index is 0.0337. The Labute approximate surface area is 159 Å². The molecule has 1 aliphatic rings. The Morgan fingerprint density at radius 3 is 2.59 bits per heavy atom. The lowest BCUT2D eigenvalue weighted by molar-refractivity contribution is -0.384. The Hall–Kier alpha value is -3.13. The molecule has 0 aromatic heterocycles. The maximum Gasteiger partial charge on any atom is 0.293 e. The lowest BCUT2D eigenvalue weighted by Gasteiger charge is -2.13. The van der Waals surface area contributed by atoms with E-state index in [1.807, 2.05) is 31.2 Å². The van der Waals surface area contributed by atoms with Crippen molar-refractivity contribution >= 4 is 34.7 Å². The van der Waals surface area contributed by atoms with Crippen LogP contribution in [0.4, 0.5) is 10.5 Å². The Bertz CT molecular complexity index is 924. The molecule has 0 bridgehead atoms. The standard InChI is InChI=1S/C19H16N2O5S/c1-13-3-2-4-16(11-13)26-10-9-20-18(22)17(27-19(20)23)12-14-5-7-15(8-6-14)21(24)25/h2-8,11-12H,9-10H2,1H3/b17-12-. The Kier molecular flexibility index (Phi) is 5.56. The van der Waals surface area contributed by atoms with Crippen LogP contribution in [0, 0.1) is 17.0 Å². The highest BCUT2D eigenvalue weighted by Crippen LogP contribution is 2.32. The second-order valence-corrected chi connectivity index (χ2v) is 6.84. The third-order valence-corrected chi connectivity index (χ3v) is 4.76. The predicted octanol–water partition coefficient (Wildman–Crippen LogP) is 4.02. The van der Waals surface area contributed by atoms with Gasteiger partial charge >= 0.3 is 0 Å². The van der Waals surface area contributed by atoms with Crippen LogP contribution in [0.5, 0.6) is 5.75 Å². The molecule has 1 aliphatic heterocycles. The number of carbonyl (C=O) groups excluding carboxylic acids is 2. The summed E-state index contributed by atoms with van der Waals surface area (Å²) in [5.41, 5.74) is 1.64. The summed E-state index contributed by atoms with van der Waals surface area (Å²) in [5.74, 6) is 0.291. The quantitative estimate of drug-likeness (QED) is 0.424. The number of ether oxygens (including phenoxy) is 1. The second kappa shape index (κ2) is 8.05. The molecule has 0 N–H and O–H groups in total. The van der Waals surface area contributed by atoms with Gasteiger partial charge in [0, 0.05) is 12.1 Å². The van der Waals surface area contributed by atoms with Gasteiger partial charge in [0.2, 0.25) is 0 Å². The maximum atomic E-state index is 12.4. The summed E-state index contributed by atoms with van der Waals surface area (Å²) in [6.07, 6.45) is 1.55. The van der Waals surface area contributed by atoms with Crippen molar-refractivity contribution in [2.75, 3.05) is 13.2 Å². The average molecular weight is 384 g/mol. The number of nitrogens with zero attached hydrogens (tertiary/aromatic N) is 2. The Balaban J connectivity index is 1.63. The normalized spacial score (nSPS) is 15.4. The van der Waals surface area contributed by atoms with Crippen LogP contribution in [0.25, 0.3) is 6.08 Å². The highest BCUT2D eigenvalue weighted by atomic mass is 32.2. The van der Waals surface area contributed by atoms with E-state index in [0.717, 1.165) is 22.2 Å². The van der Waals surface area contributed by atoms with E-state index in [1.165, 1.54) is 24.3 Å². The van der Waals surface area contributed by atoms with Crippen molar-refractivity contribution in [3.8, 4) is 5.75 Å². The number of hydrogen-bond donors (Lipinski definition) is 0. The summed E-state index contributed by atoms with van der Waals surface area (Å²) in [7, 11) is 0. The van der Waals surface area contributed by atoms with Gasteiger partial charge in [-0.25, -0.2) is 0 Å². The maximum absolute atomic E-state index is 12.4. The molecule has 1 heterocycles. The number of hydrogen-bond acceptors (Lipinski definition) is 6. The molecule has 0 unspecified atom stereocenters. The van der Waals surface area contributed by atoms with Gasteiger partial charge in [-0.1, -0.05) is 12.1 Å². The van der Waals surface area contributed by atoms with E-state index in [-0.39, 0.29) is 29.0 Å². The number of non-ortho nitro benzene ring substituents is 1. The van der Waals surface area contributed by atoms with E-state index >= 15 is 0 Å². The number of carbonyl (C=O) groups is 2. The predicted molar refractivity (Wildman–Crippen MR) is 102 cm³/mol. The first-order valence-electron chi connectivity index (χ1n) is 8.13. The number of aryl methyl sites for hydroxylation is 1. The summed E-state index contributed by atoms with van der Waals surface area (Å²) in [6.45, 7) is 2.30. The molecule has 27 heavy (non-hydrogen) atoms. The molecule has 3 rings (SSSR count). The van der Waals surface area contributed by atoms with Gasteiger partial charge in [-0.15, -0.1) is 0 Å². The van der Waals surface area contributed by atoms with Crippen LogP contribution >= 0.6 is 11.8 Å². The largest absolute Gasteiger partial charge is 0.492 e. The molecule has 2 amide bonds. The smallest absolute Gasteiger partial charge is 0.293 e. The molecule has 2 aromatic rings. The molecule has 7 nitrogen and oxygen atoms in total. The molecule has 0 saturated carbocycles. The van der Waals surface area contributed by atoms with E-state index < -0.39 is 10.8 Å². The van der Waals surface area contributed by atoms with Crippen molar-refractivity contribution in [2.45, 2.75) is 6.92 Å². The lowest BCUT2D eigenvalue weighted by atomic mass is 10.2. The fourth-order valence-electron chi connectivity index (χ4n) is 2.50. The van der Waals surface area contributed by atoms with Crippen LogP contribution in [0.15, 0.2) is 53.4 Å². The minimum atomic E-state index is -0.494. The molecule has 0 radical (unpaired) electrons. The monoisotopic (exact) mass is 384 g/mol. The number of rotatable bonds is 6. The van der Waals surface area contributed by atoms with Gasteiger partial charge in [0.15, 0.2) is 0 Å². The molecule has 138 valence electrons. The van der Waals surface area contributed by atoms with Crippen LogP contribution < -0.4 is 4.74 Å². The molecule has 1 fully saturated rings. The van der Waals surface area contributed by atoms with Gasteiger partial charge in [-0.05, 0) is 60.2 Å². The van der Waals surface area contributed by atoms with E-state index in [4.69, 9.17) is 4.74 Å². The van der Waals surface area contributed by atoms with Crippen LogP contribution in [-0.4, -0.2) is 34.1 Å². The highest BCUT2D eigenvalue weighted by Gasteiger charge is 2.34. The average Bonchev–Trinajstić information content (AvgIpc) is 2.89.